The van der Waals surface area contributed by atoms with Crippen molar-refractivity contribution in [3.8, 4) is 0 Å². The molecule has 1 saturated heterocycles. The van der Waals surface area contributed by atoms with Crippen LogP contribution >= 0.6 is 0 Å². The Kier molecular flexibility index (Phi) is 6.35. The summed E-state index contributed by atoms with van der Waals surface area (Å²) in [6.45, 7) is 0.781. The first-order chi connectivity index (χ1) is 16.2. The number of fused-ring (bicyclic) bond motifs is 1. The van der Waals surface area contributed by atoms with Crippen molar-refractivity contribution in [2.24, 2.45) is 0 Å². The number of nitrogens with zero attached hydrogens (tertiary/aromatic N) is 5. The Morgan fingerprint density at radius 3 is 2.62 bits per heavy atom. The molecular formula is C23H27N7O4. The van der Waals surface area contributed by atoms with Gasteiger partial charge in [0.15, 0.2) is 0 Å². The SMILES string of the molecule is CN(C)C(=O)Cc1ccc(NC(=O)c2cn([C@@H]3CCCN(C(=O)O)C3)c3ncnc(N)c23)cc1. The van der Waals surface area contributed by atoms with Gasteiger partial charge < -0.3 is 30.5 Å². The molecule has 4 N–H and O–H groups in total. The fraction of sp³-hybridized carbons (Fsp3) is 0.348. The molecule has 3 heterocycles. The molecule has 2 aromatic heterocycles. The van der Waals surface area contributed by atoms with E-state index >= 15 is 0 Å². The van der Waals surface area contributed by atoms with Gasteiger partial charge in [-0.3, -0.25) is 9.59 Å². The number of rotatable bonds is 5. The Morgan fingerprint density at radius 1 is 1.21 bits per heavy atom. The van der Waals surface area contributed by atoms with E-state index < -0.39 is 6.09 Å². The van der Waals surface area contributed by atoms with Crippen molar-refractivity contribution in [3.63, 3.8) is 0 Å². The van der Waals surface area contributed by atoms with Crippen LogP contribution in [0.1, 0.15) is 34.8 Å². The molecule has 178 valence electrons. The number of likely N-dealkylation sites (tertiary alicyclic amines) is 1. The van der Waals surface area contributed by atoms with Crippen molar-refractivity contribution >= 4 is 40.4 Å². The van der Waals surface area contributed by atoms with Gasteiger partial charge in [0.05, 0.1) is 23.4 Å². The normalized spacial score (nSPS) is 15.8. The number of aromatic nitrogens is 3. The van der Waals surface area contributed by atoms with Crippen molar-refractivity contribution < 1.29 is 19.5 Å². The van der Waals surface area contributed by atoms with E-state index in [0.29, 0.717) is 41.8 Å². The van der Waals surface area contributed by atoms with E-state index in [0.717, 1.165) is 12.0 Å². The van der Waals surface area contributed by atoms with Crippen molar-refractivity contribution in [2.45, 2.75) is 25.3 Å². The summed E-state index contributed by atoms with van der Waals surface area (Å²) in [5, 5.41) is 12.7. The number of likely N-dealkylation sites (N-methyl/N-ethyl adjacent to an activating group) is 1. The smallest absolute Gasteiger partial charge is 0.407 e. The molecule has 0 radical (unpaired) electrons. The van der Waals surface area contributed by atoms with Crippen LogP contribution in [0.5, 0.6) is 0 Å². The predicted octanol–water partition coefficient (Wildman–Crippen LogP) is 2.21. The van der Waals surface area contributed by atoms with Gasteiger partial charge in [-0.1, -0.05) is 12.1 Å². The summed E-state index contributed by atoms with van der Waals surface area (Å²) in [5.41, 5.74) is 8.32. The van der Waals surface area contributed by atoms with Crippen LogP contribution in [-0.2, 0) is 11.2 Å². The minimum Gasteiger partial charge on any atom is -0.465 e. The number of hydrogen-bond donors (Lipinski definition) is 3. The molecule has 1 aliphatic rings. The minimum absolute atomic E-state index is 0.00996. The molecule has 11 nitrogen and oxygen atoms in total. The molecule has 1 atom stereocenters. The Bertz CT molecular complexity index is 1240. The fourth-order valence-electron chi connectivity index (χ4n) is 4.15. The van der Waals surface area contributed by atoms with E-state index in [2.05, 4.69) is 15.3 Å². The quantitative estimate of drug-likeness (QED) is 0.523. The minimum atomic E-state index is -0.969. The number of carbonyl (C=O) groups excluding carboxylic acids is 2. The van der Waals surface area contributed by atoms with Gasteiger partial charge in [0, 0.05) is 39.1 Å². The van der Waals surface area contributed by atoms with Crippen LogP contribution < -0.4 is 11.1 Å². The molecule has 4 rings (SSSR count). The average molecular weight is 466 g/mol. The highest BCUT2D eigenvalue weighted by atomic mass is 16.4. The first kappa shape index (κ1) is 23.0. The lowest BCUT2D eigenvalue weighted by molar-refractivity contribution is -0.127. The van der Waals surface area contributed by atoms with E-state index in [1.807, 2.05) is 4.57 Å². The summed E-state index contributed by atoms with van der Waals surface area (Å²) in [5.74, 6) is -0.213. The number of hydrogen-bond acceptors (Lipinski definition) is 6. The van der Waals surface area contributed by atoms with Crippen LogP contribution in [0.25, 0.3) is 11.0 Å². The predicted molar refractivity (Wildman–Crippen MR) is 127 cm³/mol. The van der Waals surface area contributed by atoms with E-state index in [-0.39, 0.29) is 30.1 Å². The number of amides is 3. The van der Waals surface area contributed by atoms with Crippen molar-refractivity contribution in [2.75, 3.05) is 38.2 Å². The van der Waals surface area contributed by atoms with Gasteiger partial charge in [-0.2, -0.15) is 0 Å². The number of nitrogen functional groups attached to an aromatic ring is 1. The number of benzene rings is 1. The standard InChI is InChI=1S/C23H27N7O4/c1-28(2)18(31)10-14-5-7-15(8-6-14)27-22(32)17-12-30(21-19(17)20(24)25-13-26-21)16-4-3-9-29(11-16)23(33)34/h5-8,12-13,16H,3-4,9-11H2,1-2H3,(H,27,32)(H,33,34)(H2,24,25,26)/t16-/m1/s1. The first-order valence-corrected chi connectivity index (χ1v) is 10.9. The molecule has 3 aromatic rings. The second-order valence-corrected chi connectivity index (χ2v) is 8.55. The van der Waals surface area contributed by atoms with Crippen LogP contribution in [0.15, 0.2) is 36.8 Å². The number of piperidine rings is 1. The Labute approximate surface area is 196 Å². The van der Waals surface area contributed by atoms with Gasteiger partial charge in [-0.25, -0.2) is 14.8 Å². The second kappa shape index (κ2) is 9.38. The largest absolute Gasteiger partial charge is 0.465 e. The summed E-state index contributed by atoms with van der Waals surface area (Å²) in [6.07, 6.45) is 3.78. The Hall–Kier alpha value is -4.15. The lowest BCUT2D eigenvalue weighted by Crippen LogP contribution is -2.39. The van der Waals surface area contributed by atoms with Gasteiger partial charge in [-0.15, -0.1) is 0 Å². The van der Waals surface area contributed by atoms with E-state index in [4.69, 9.17) is 5.73 Å². The third-order valence-electron chi connectivity index (χ3n) is 6.01. The van der Waals surface area contributed by atoms with Crippen LogP contribution in [0, 0.1) is 0 Å². The van der Waals surface area contributed by atoms with Crippen molar-refractivity contribution in [3.05, 3.63) is 47.9 Å². The molecule has 34 heavy (non-hydrogen) atoms. The molecule has 0 bridgehead atoms. The summed E-state index contributed by atoms with van der Waals surface area (Å²) in [4.78, 5) is 47.9. The van der Waals surface area contributed by atoms with Crippen LogP contribution in [0.2, 0.25) is 0 Å². The molecule has 0 saturated carbocycles. The molecule has 0 spiro atoms. The number of nitrogens with two attached hydrogens (primary N) is 1. The summed E-state index contributed by atoms with van der Waals surface area (Å²) < 4.78 is 1.83. The average Bonchev–Trinajstić information content (AvgIpc) is 3.21. The van der Waals surface area contributed by atoms with E-state index in [9.17, 15) is 19.5 Å². The summed E-state index contributed by atoms with van der Waals surface area (Å²) in [7, 11) is 3.41. The molecule has 3 amide bonds. The topological polar surface area (TPSA) is 147 Å². The maximum Gasteiger partial charge on any atom is 0.407 e. The third-order valence-corrected chi connectivity index (χ3v) is 6.01. The lowest BCUT2D eigenvalue weighted by Gasteiger charge is -2.31. The zero-order valence-corrected chi connectivity index (χ0v) is 19.1. The van der Waals surface area contributed by atoms with Crippen LogP contribution in [0.3, 0.4) is 0 Å². The van der Waals surface area contributed by atoms with Gasteiger partial charge in [-0.05, 0) is 30.5 Å². The molecule has 1 aliphatic heterocycles. The lowest BCUT2D eigenvalue weighted by atomic mass is 10.1. The fourth-order valence-corrected chi connectivity index (χ4v) is 4.15. The third kappa shape index (κ3) is 4.63. The molecule has 0 unspecified atom stereocenters. The highest BCUT2D eigenvalue weighted by molar-refractivity contribution is 6.14. The molecule has 0 aliphatic carbocycles. The van der Waals surface area contributed by atoms with Crippen molar-refractivity contribution in [1.29, 1.82) is 0 Å². The molecule has 11 heteroatoms. The van der Waals surface area contributed by atoms with Gasteiger partial charge in [0.2, 0.25) is 5.91 Å². The molecular weight excluding hydrogens is 438 g/mol. The molecule has 1 aromatic carbocycles. The first-order valence-electron chi connectivity index (χ1n) is 10.9. The van der Waals surface area contributed by atoms with Crippen LogP contribution in [-0.4, -0.2) is 74.5 Å². The monoisotopic (exact) mass is 465 g/mol. The zero-order chi connectivity index (χ0) is 24.4. The van der Waals surface area contributed by atoms with E-state index in [1.54, 1.807) is 44.6 Å². The Morgan fingerprint density at radius 2 is 1.94 bits per heavy atom. The van der Waals surface area contributed by atoms with Gasteiger partial charge in [0.25, 0.3) is 5.91 Å². The summed E-state index contributed by atoms with van der Waals surface area (Å²) >= 11 is 0. The number of nitrogens with one attached hydrogen (secondary N) is 1. The highest BCUT2D eigenvalue weighted by Crippen LogP contribution is 2.31. The Balaban J connectivity index is 1.60. The number of carbonyl (C=O) groups is 3. The van der Waals surface area contributed by atoms with Gasteiger partial charge >= 0.3 is 6.09 Å². The maximum atomic E-state index is 13.2. The van der Waals surface area contributed by atoms with Crippen LogP contribution in [0.4, 0.5) is 16.3 Å². The number of carboxylic acid groups (broad SMARTS) is 1. The maximum absolute atomic E-state index is 13.2. The number of anilines is 2. The summed E-state index contributed by atoms with van der Waals surface area (Å²) in [6, 6.07) is 6.89. The second-order valence-electron chi connectivity index (χ2n) is 8.55. The highest BCUT2D eigenvalue weighted by Gasteiger charge is 2.28. The van der Waals surface area contributed by atoms with E-state index in [1.165, 1.54) is 16.1 Å². The van der Waals surface area contributed by atoms with Crippen molar-refractivity contribution in [1.82, 2.24) is 24.3 Å². The zero-order valence-electron chi connectivity index (χ0n) is 19.1. The van der Waals surface area contributed by atoms with Gasteiger partial charge in [0.1, 0.15) is 17.8 Å². The molecule has 1 fully saturated rings.